The summed E-state index contributed by atoms with van der Waals surface area (Å²) in [5.41, 5.74) is 4.36. The van der Waals surface area contributed by atoms with Crippen LogP contribution in [-0.4, -0.2) is 4.98 Å². The van der Waals surface area contributed by atoms with Gasteiger partial charge in [-0.05, 0) is 34.7 Å². The van der Waals surface area contributed by atoms with Crippen molar-refractivity contribution in [2.24, 2.45) is 0 Å². The van der Waals surface area contributed by atoms with Crippen molar-refractivity contribution < 1.29 is 4.42 Å². The lowest BCUT2D eigenvalue weighted by Crippen LogP contribution is -2.10. The third-order valence-electron chi connectivity index (χ3n) is 3.60. The SMILES string of the molecule is CC(C)(C)c1ccc2oc(Cc3ccccc3Br)nc2c1. The number of benzene rings is 2. The number of rotatable bonds is 2. The number of hydrogen-bond donors (Lipinski definition) is 0. The van der Waals surface area contributed by atoms with Crippen LogP contribution in [-0.2, 0) is 11.8 Å². The van der Waals surface area contributed by atoms with Gasteiger partial charge < -0.3 is 4.42 Å². The number of halogens is 1. The molecule has 108 valence electrons. The van der Waals surface area contributed by atoms with Crippen molar-refractivity contribution in [1.29, 1.82) is 0 Å². The first-order chi connectivity index (χ1) is 9.93. The fraction of sp³-hybridized carbons (Fsp3) is 0.278. The molecule has 0 amide bonds. The summed E-state index contributed by atoms with van der Waals surface area (Å²) in [5, 5.41) is 0. The van der Waals surface area contributed by atoms with Crippen LogP contribution in [0.3, 0.4) is 0 Å². The molecule has 3 aromatic rings. The molecule has 0 aliphatic rings. The molecule has 0 N–H and O–H groups in total. The third kappa shape index (κ3) is 3.03. The van der Waals surface area contributed by atoms with Crippen molar-refractivity contribution in [3.05, 3.63) is 64.0 Å². The van der Waals surface area contributed by atoms with E-state index in [-0.39, 0.29) is 5.41 Å². The van der Waals surface area contributed by atoms with Gasteiger partial charge in [0.05, 0.1) is 6.42 Å². The van der Waals surface area contributed by atoms with Crippen molar-refractivity contribution in [3.8, 4) is 0 Å². The summed E-state index contributed by atoms with van der Waals surface area (Å²) in [6.45, 7) is 6.61. The van der Waals surface area contributed by atoms with Crippen LogP contribution < -0.4 is 0 Å². The molecule has 0 fully saturated rings. The minimum absolute atomic E-state index is 0.121. The lowest BCUT2D eigenvalue weighted by molar-refractivity contribution is 0.543. The summed E-state index contributed by atoms with van der Waals surface area (Å²) in [4.78, 5) is 4.64. The Morgan fingerprint density at radius 2 is 1.86 bits per heavy atom. The summed E-state index contributed by atoms with van der Waals surface area (Å²) >= 11 is 3.57. The van der Waals surface area contributed by atoms with Crippen molar-refractivity contribution >= 4 is 27.0 Å². The van der Waals surface area contributed by atoms with E-state index in [1.807, 2.05) is 24.3 Å². The molecule has 0 aliphatic heterocycles. The van der Waals surface area contributed by atoms with Gasteiger partial charge in [0, 0.05) is 4.47 Å². The van der Waals surface area contributed by atoms with Gasteiger partial charge in [0.15, 0.2) is 11.5 Å². The molecule has 0 spiro atoms. The van der Waals surface area contributed by atoms with Gasteiger partial charge in [-0.2, -0.15) is 0 Å². The van der Waals surface area contributed by atoms with Crippen LogP contribution in [0.4, 0.5) is 0 Å². The van der Waals surface area contributed by atoms with Crippen LogP contribution in [0.2, 0.25) is 0 Å². The van der Waals surface area contributed by atoms with Crippen molar-refractivity contribution in [2.75, 3.05) is 0 Å². The second-order valence-corrected chi connectivity index (χ2v) is 7.16. The van der Waals surface area contributed by atoms with Gasteiger partial charge in [-0.15, -0.1) is 0 Å². The topological polar surface area (TPSA) is 26.0 Å². The number of nitrogens with zero attached hydrogens (tertiary/aromatic N) is 1. The van der Waals surface area contributed by atoms with Gasteiger partial charge >= 0.3 is 0 Å². The largest absolute Gasteiger partial charge is 0.440 e. The van der Waals surface area contributed by atoms with Crippen LogP contribution in [0.5, 0.6) is 0 Å². The molecule has 0 bridgehead atoms. The molecule has 2 aromatic carbocycles. The highest BCUT2D eigenvalue weighted by atomic mass is 79.9. The first-order valence-electron chi connectivity index (χ1n) is 7.07. The van der Waals surface area contributed by atoms with Gasteiger partial charge in [-0.25, -0.2) is 4.98 Å². The van der Waals surface area contributed by atoms with E-state index in [9.17, 15) is 0 Å². The maximum atomic E-state index is 5.86. The Kier molecular flexibility index (Phi) is 3.62. The van der Waals surface area contributed by atoms with Gasteiger partial charge in [-0.3, -0.25) is 0 Å². The molecule has 0 radical (unpaired) electrons. The van der Waals surface area contributed by atoms with E-state index in [4.69, 9.17) is 4.42 Å². The molecule has 21 heavy (non-hydrogen) atoms. The highest BCUT2D eigenvalue weighted by Gasteiger charge is 2.16. The summed E-state index contributed by atoms with van der Waals surface area (Å²) in [6, 6.07) is 14.4. The molecule has 0 atom stereocenters. The number of aromatic nitrogens is 1. The zero-order valence-electron chi connectivity index (χ0n) is 12.5. The molecule has 2 nitrogen and oxygen atoms in total. The number of hydrogen-bond acceptors (Lipinski definition) is 2. The third-order valence-corrected chi connectivity index (χ3v) is 4.37. The first-order valence-corrected chi connectivity index (χ1v) is 7.86. The molecule has 1 aromatic heterocycles. The zero-order valence-corrected chi connectivity index (χ0v) is 14.1. The van der Waals surface area contributed by atoms with E-state index in [2.05, 4.69) is 59.9 Å². The zero-order chi connectivity index (χ0) is 15.0. The van der Waals surface area contributed by atoms with E-state index in [1.54, 1.807) is 0 Å². The van der Waals surface area contributed by atoms with Crippen molar-refractivity contribution in [3.63, 3.8) is 0 Å². The Bertz CT molecular complexity index is 783. The van der Waals surface area contributed by atoms with E-state index in [1.165, 1.54) is 11.1 Å². The normalized spacial score (nSPS) is 12.0. The van der Waals surface area contributed by atoms with Gasteiger partial charge in [0.2, 0.25) is 0 Å². The number of oxazole rings is 1. The van der Waals surface area contributed by atoms with E-state index < -0.39 is 0 Å². The molecular formula is C18H18BrNO. The maximum Gasteiger partial charge on any atom is 0.199 e. The second kappa shape index (κ2) is 5.30. The second-order valence-electron chi connectivity index (χ2n) is 6.31. The van der Waals surface area contributed by atoms with Crippen LogP contribution >= 0.6 is 15.9 Å². The van der Waals surface area contributed by atoms with E-state index in [0.29, 0.717) is 6.42 Å². The molecule has 3 heteroatoms. The van der Waals surface area contributed by atoms with Crippen LogP contribution in [0, 0.1) is 0 Å². The van der Waals surface area contributed by atoms with Crippen LogP contribution in [0.1, 0.15) is 37.8 Å². The van der Waals surface area contributed by atoms with Crippen LogP contribution in [0.15, 0.2) is 51.4 Å². The average Bonchev–Trinajstić information content (AvgIpc) is 2.81. The maximum absolute atomic E-state index is 5.86. The van der Waals surface area contributed by atoms with Gasteiger partial charge in [0.25, 0.3) is 0 Å². The van der Waals surface area contributed by atoms with Crippen molar-refractivity contribution in [2.45, 2.75) is 32.6 Å². The Labute approximate surface area is 133 Å². The van der Waals surface area contributed by atoms with Gasteiger partial charge in [0.1, 0.15) is 5.52 Å². The smallest absolute Gasteiger partial charge is 0.199 e. The van der Waals surface area contributed by atoms with Crippen molar-refractivity contribution in [1.82, 2.24) is 4.98 Å². The summed E-state index contributed by atoms with van der Waals surface area (Å²) < 4.78 is 6.95. The molecular weight excluding hydrogens is 326 g/mol. The lowest BCUT2D eigenvalue weighted by atomic mass is 9.87. The summed E-state index contributed by atoms with van der Waals surface area (Å²) in [7, 11) is 0. The molecule has 0 saturated carbocycles. The highest BCUT2D eigenvalue weighted by molar-refractivity contribution is 9.10. The Hall–Kier alpha value is -1.61. The molecule has 0 unspecified atom stereocenters. The minimum atomic E-state index is 0.121. The predicted octanol–water partition coefficient (Wildman–Crippen LogP) is 5.48. The quantitative estimate of drug-likeness (QED) is 0.615. The summed E-state index contributed by atoms with van der Waals surface area (Å²) in [5.74, 6) is 0.753. The first kappa shape index (κ1) is 14.3. The number of fused-ring (bicyclic) bond motifs is 1. The molecule has 1 heterocycles. The Balaban J connectivity index is 1.96. The van der Waals surface area contributed by atoms with Gasteiger partial charge in [-0.1, -0.05) is 61.0 Å². The average molecular weight is 344 g/mol. The monoisotopic (exact) mass is 343 g/mol. The predicted molar refractivity (Wildman–Crippen MR) is 89.7 cm³/mol. The minimum Gasteiger partial charge on any atom is -0.440 e. The lowest BCUT2D eigenvalue weighted by Gasteiger charge is -2.18. The van der Waals surface area contributed by atoms with Crippen LogP contribution in [0.25, 0.3) is 11.1 Å². The Morgan fingerprint density at radius 1 is 1.10 bits per heavy atom. The Morgan fingerprint density at radius 3 is 2.57 bits per heavy atom. The highest BCUT2D eigenvalue weighted by Crippen LogP contribution is 2.27. The van der Waals surface area contributed by atoms with E-state index in [0.717, 1.165) is 21.5 Å². The fourth-order valence-electron chi connectivity index (χ4n) is 2.32. The molecule has 0 saturated heterocycles. The molecule has 0 aliphatic carbocycles. The fourth-order valence-corrected chi connectivity index (χ4v) is 2.75. The standard InChI is InChI=1S/C18H18BrNO/c1-18(2,3)13-8-9-16-15(11-13)20-17(21-16)10-12-6-4-5-7-14(12)19/h4-9,11H,10H2,1-3H3. The summed E-state index contributed by atoms with van der Waals surface area (Å²) in [6.07, 6.45) is 0.695. The van der Waals surface area contributed by atoms with E-state index >= 15 is 0 Å². The molecule has 3 rings (SSSR count).